The first-order chi connectivity index (χ1) is 22.2. The molecule has 2 amide bonds. The molecular formula is C30H46N6O10. The monoisotopic (exact) mass is 650 g/mol. The molecular weight excluding hydrogens is 604 g/mol. The van der Waals surface area contributed by atoms with Crippen molar-refractivity contribution >= 4 is 11.8 Å². The van der Waals surface area contributed by atoms with Crippen molar-refractivity contribution in [2.75, 3.05) is 105 Å². The number of carbonyl (C=O) groups excluding carboxylic acids is 2. The second-order valence-corrected chi connectivity index (χ2v) is 10.6. The Morgan fingerprint density at radius 1 is 0.630 bits per heavy atom. The van der Waals surface area contributed by atoms with Crippen molar-refractivity contribution < 1.29 is 38.7 Å². The molecule has 0 unspecified atom stereocenters. The van der Waals surface area contributed by atoms with Gasteiger partial charge in [0.2, 0.25) is 0 Å². The number of amides is 2. The number of aromatic hydroxyl groups is 2. The Hall–Kier alpha value is -3.80. The van der Waals surface area contributed by atoms with E-state index in [0.29, 0.717) is 105 Å². The summed E-state index contributed by atoms with van der Waals surface area (Å²) in [6.07, 6.45) is 2.86. The molecule has 1 aliphatic rings. The fraction of sp³-hybridized carbons (Fsp3) is 0.600. The smallest absolute Gasteiger partial charge is 0.293 e. The molecule has 1 aliphatic heterocycles. The van der Waals surface area contributed by atoms with Crippen molar-refractivity contribution in [2.24, 2.45) is 14.1 Å². The van der Waals surface area contributed by atoms with Gasteiger partial charge in [0.05, 0.1) is 64.0 Å². The third-order valence-electron chi connectivity index (χ3n) is 7.35. The normalized spacial score (nSPS) is 17.1. The van der Waals surface area contributed by atoms with E-state index in [4.69, 9.17) is 18.9 Å². The Morgan fingerprint density at radius 2 is 0.957 bits per heavy atom. The van der Waals surface area contributed by atoms with Gasteiger partial charge in [-0.15, -0.1) is 0 Å². The number of hydrogen-bond acceptors (Lipinski definition) is 12. The lowest BCUT2D eigenvalue weighted by Gasteiger charge is -2.24. The van der Waals surface area contributed by atoms with E-state index in [0.717, 1.165) is 0 Å². The highest BCUT2D eigenvalue weighted by atomic mass is 16.5. The maximum Gasteiger partial charge on any atom is 0.293 e. The maximum atomic E-state index is 12.5. The van der Waals surface area contributed by atoms with Crippen LogP contribution in [0.1, 0.15) is 20.7 Å². The van der Waals surface area contributed by atoms with Gasteiger partial charge >= 0.3 is 0 Å². The van der Waals surface area contributed by atoms with Crippen LogP contribution in [0.3, 0.4) is 0 Å². The van der Waals surface area contributed by atoms with Crippen molar-refractivity contribution in [3.8, 4) is 11.5 Å². The Balaban J connectivity index is 1.40. The molecule has 0 saturated carbocycles. The van der Waals surface area contributed by atoms with E-state index in [9.17, 15) is 29.4 Å². The van der Waals surface area contributed by atoms with Gasteiger partial charge in [-0.1, -0.05) is 0 Å². The highest BCUT2D eigenvalue weighted by Gasteiger charge is 2.16. The number of aromatic nitrogens is 2. The van der Waals surface area contributed by atoms with Crippen LogP contribution in [0.4, 0.5) is 0 Å². The van der Waals surface area contributed by atoms with Crippen LogP contribution in [-0.2, 0) is 33.0 Å². The number of carbonyl (C=O) groups is 2. The lowest BCUT2D eigenvalue weighted by Crippen LogP contribution is -2.39. The number of pyridine rings is 2. The second kappa shape index (κ2) is 19.7. The summed E-state index contributed by atoms with van der Waals surface area (Å²) in [5.74, 6) is -2.21. The Morgan fingerprint density at radius 3 is 1.28 bits per heavy atom. The van der Waals surface area contributed by atoms with Crippen LogP contribution < -0.4 is 21.8 Å². The number of nitrogens with zero attached hydrogens (tertiary/aromatic N) is 4. The second-order valence-electron chi connectivity index (χ2n) is 10.6. The minimum atomic E-state index is -0.636. The third-order valence-corrected chi connectivity index (χ3v) is 7.35. The van der Waals surface area contributed by atoms with Gasteiger partial charge in [-0.05, 0) is 12.1 Å². The van der Waals surface area contributed by atoms with Crippen molar-refractivity contribution in [3.05, 3.63) is 56.4 Å². The van der Waals surface area contributed by atoms with Crippen LogP contribution in [0, 0.1) is 0 Å². The average Bonchev–Trinajstić information content (AvgIpc) is 3.03. The lowest BCUT2D eigenvalue weighted by atomic mass is 10.2. The van der Waals surface area contributed by atoms with Crippen LogP contribution in [0.25, 0.3) is 0 Å². The van der Waals surface area contributed by atoms with Crippen molar-refractivity contribution in [1.29, 1.82) is 0 Å². The van der Waals surface area contributed by atoms with Crippen molar-refractivity contribution in [3.63, 3.8) is 0 Å². The van der Waals surface area contributed by atoms with Crippen LogP contribution in [0.2, 0.25) is 0 Å². The van der Waals surface area contributed by atoms with E-state index in [1.54, 1.807) is 0 Å². The van der Waals surface area contributed by atoms with Crippen LogP contribution in [-0.4, -0.2) is 146 Å². The van der Waals surface area contributed by atoms with Crippen LogP contribution >= 0.6 is 0 Å². The van der Waals surface area contributed by atoms with Gasteiger partial charge < -0.3 is 48.9 Å². The zero-order chi connectivity index (χ0) is 33.3. The fourth-order valence-corrected chi connectivity index (χ4v) is 4.53. The summed E-state index contributed by atoms with van der Waals surface area (Å²) < 4.78 is 25.4. The van der Waals surface area contributed by atoms with Gasteiger partial charge in [0.25, 0.3) is 22.9 Å². The third kappa shape index (κ3) is 11.9. The number of aryl methyl sites for hydroxylation is 2. The average molecular weight is 651 g/mol. The summed E-state index contributed by atoms with van der Waals surface area (Å²) in [5.41, 5.74) is -1.41. The molecule has 0 bridgehead atoms. The summed E-state index contributed by atoms with van der Waals surface area (Å²) in [6.45, 7) is 7.44. The quantitative estimate of drug-likeness (QED) is 0.255. The molecule has 0 aromatic carbocycles. The molecule has 3 heterocycles. The van der Waals surface area contributed by atoms with E-state index >= 15 is 0 Å². The maximum absolute atomic E-state index is 12.5. The molecule has 46 heavy (non-hydrogen) atoms. The van der Waals surface area contributed by atoms with Crippen LogP contribution in [0.5, 0.6) is 11.5 Å². The molecule has 2 aromatic heterocycles. The molecule has 4 N–H and O–H groups in total. The Bertz CT molecular complexity index is 1260. The molecule has 16 heteroatoms. The first-order valence-electron chi connectivity index (χ1n) is 15.3. The Labute approximate surface area is 267 Å². The molecule has 1 saturated heterocycles. The van der Waals surface area contributed by atoms with Crippen molar-refractivity contribution in [1.82, 2.24) is 29.6 Å². The molecule has 0 radical (unpaired) electrons. The molecule has 256 valence electrons. The minimum Gasteiger partial charge on any atom is -0.502 e. The van der Waals surface area contributed by atoms with Gasteiger partial charge in [0.15, 0.2) is 11.5 Å². The summed E-state index contributed by atoms with van der Waals surface area (Å²) in [6, 6.07) is 2.80. The molecule has 3 rings (SSSR count). The number of hydrogen-bond donors (Lipinski definition) is 4. The molecule has 0 atom stereocenters. The van der Waals surface area contributed by atoms with Crippen molar-refractivity contribution in [2.45, 2.75) is 0 Å². The SMILES string of the molecule is Cn1ccc(C(=O)NCCN2CCOCCOCCN(CCNC(=O)c3ccn(C)c(=O)c3O)CCOCCOCC2)c(O)c1=O. The van der Waals surface area contributed by atoms with Gasteiger partial charge in [-0.2, -0.15) is 0 Å². The van der Waals surface area contributed by atoms with Gasteiger partial charge in [0.1, 0.15) is 0 Å². The van der Waals surface area contributed by atoms with Gasteiger partial charge in [-0.25, -0.2) is 0 Å². The summed E-state index contributed by atoms with van der Waals surface area (Å²) in [7, 11) is 2.99. The molecule has 16 nitrogen and oxygen atoms in total. The highest BCUT2D eigenvalue weighted by molar-refractivity contribution is 5.97. The van der Waals surface area contributed by atoms with E-state index in [2.05, 4.69) is 20.4 Å². The largest absolute Gasteiger partial charge is 0.502 e. The Kier molecular flexibility index (Phi) is 15.7. The van der Waals surface area contributed by atoms with E-state index < -0.39 is 34.4 Å². The zero-order valence-corrected chi connectivity index (χ0v) is 26.6. The molecule has 1 fully saturated rings. The molecule has 0 spiro atoms. The van der Waals surface area contributed by atoms with E-state index in [1.807, 2.05) is 0 Å². The minimum absolute atomic E-state index is 0.0669. The number of rotatable bonds is 8. The van der Waals surface area contributed by atoms with E-state index in [1.165, 1.54) is 47.8 Å². The van der Waals surface area contributed by atoms with Crippen LogP contribution in [0.15, 0.2) is 34.1 Å². The van der Waals surface area contributed by atoms with Gasteiger partial charge in [0, 0.05) is 78.8 Å². The summed E-state index contributed by atoms with van der Waals surface area (Å²) >= 11 is 0. The van der Waals surface area contributed by atoms with E-state index in [-0.39, 0.29) is 11.1 Å². The first kappa shape index (κ1) is 36.7. The first-order valence-corrected chi connectivity index (χ1v) is 15.3. The standard InChI is InChI=1S/C30H46N6O10/c1-33-7-3-23(25(37)29(33)41)27(39)31-5-9-35-11-15-43-19-21-45-17-13-36(14-18-46-22-20-44-16-12-35)10-6-32-28(40)24-4-8-34(2)30(42)26(24)38/h3-4,7-8,37-38H,5-6,9-22H2,1-2H3,(H,31,39)(H,32,40). The number of ether oxygens (including phenoxy) is 4. The number of nitrogens with one attached hydrogen (secondary N) is 2. The summed E-state index contributed by atoms with van der Waals surface area (Å²) in [5, 5.41) is 25.5. The molecule has 0 aliphatic carbocycles. The summed E-state index contributed by atoms with van der Waals surface area (Å²) in [4.78, 5) is 53.0. The predicted octanol–water partition coefficient (Wildman–Crippen LogP) is -1.66. The predicted molar refractivity (Wildman–Crippen MR) is 168 cm³/mol. The highest BCUT2D eigenvalue weighted by Crippen LogP contribution is 2.10. The zero-order valence-electron chi connectivity index (χ0n) is 26.6. The van der Waals surface area contributed by atoms with Gasteiger partial charge in [-0.3, -0.25) is 29.0 Å². The molecule has 2 aromatic rings. The topological polar surface area (TPSA) is 186 Å². The fourth-order valence-electron chi connectivity index (χ4n) is 4.53. The lowest BCUT2D eigenvalue weighted by molar-refractivity contribution is 0.00839.